The number of nitrogens with zero attached hydrogens (tertiary/aromatic N) is 2. The van der Waals surface area contributed by atoms with Crippen molar-refractivity contribution in [3.8, 4) is 5.19 Å². The molecule has 0 radical (unpaired) electrons. The molecule has 0 spiro atoms. The third-order valence-electron chi connectivity index (χ3n) is 3.87. The number of fused-ring (bicyclic) bond motifs is 1. The molecule has 1 fully saturated rings. The van der Waals surface area contributed by atoms with Gasteiger partial charge in [0, 0.05) is 13.1 Å². The van der Waals surface area contributed by atoms with Gasteiger partial charge in [-0.1, -0.05) is 24.3 Å². The summed E-state index contributed by atoms with van der Waals surface area (Å²) in [6.45, 7) is 2.79. The van der Waals surface area contributed by atoms with Crippen LogP contribution in [0.3, 0.4) is 0 Å². The molecule has 5 nitrogen and oxygen atoms in total. The highest BCUT2D eigenvalue weighted by Crippen LogP contribution is 2.31. The Morgan fingerprint density at radius 2 is 2.13 bits per heavy atom. The predicted octanol–water partition coefficient (Wildman–Crippen LogP) is 3.02. The molecule has 1 aromatic heterocycles. The fraction of sp³-hybridized carbons (Fsp3) is 0.533. The average molecular weight is 358 g/mol. The fourth-order valence-corrected chi connectivity index (χ4v) is 5.14. The van der Waals surface area contributed by atoms with Crippen molar-refractivity contribution in [2.24, 2.45) is 0 Å². The summed E-state index contributed by atoms with van der Waals surface area (Å²) in [5.74, 6) is -0.163. The lowest BCUT2D eigenvalue weighted by atomic mass is 10.1. The van der Waals surface area contributed by atoms with E-state index in [0.717, 1.165) is 4.70 Å². The molecule has 23 heavy (non-hydrogen) atoms. The number of para-hydroxylation sites is 1. The van der Waals surface area contributed by atoms with E-state index in [1.54, 1.807) is 6.07 Å². The van der Waals surface area contributed by atoms with E-state index in [2.05, 4.69) is 4.98 Å². The molecule has 2 aromatic rings. The molecule has 0 amide bonds. The van der Waals surface area contributed by atoms with Crippen LogP contribution in [0, 0.1) is 5.82 Å². The first-order chi connectivity index (χ1) is 11.0. The zero-order chi connectivity index (χ0) is 16.4. The van der Waals surface area contributed by atoms with Gasteiger partial charge in [-0.05, 0) is 31.4 Å². The summed E-state index contributed by atoms with van der Waals surface area (Å²) in [6.07, 6.45) is 1.80. The van der Waals surface area contributed by atoms with Crippen LogP contribution >= 0.6 is 11.3 Å². The maximum absolute atomic E-state index is 13.6. The maximum atomic E-state index is 13.6. The number of ether oxygens (including phenoxy) is 1. The molecule has 2 heterocycles. The second-order valence-electron chi connectivity index (χ2n) is 5.60. The second kappa shape index (κ2) is 6.70. The molecule has 3 rings (SSSR count). The van der Waals surface area contributed by atoms with Crippen LogP contribution in [-0.2, 0) is 10.0 Å². The molecule has 8 heteroatoms. The van der Waals surface area contributed by atoms with E-state index >= 15 is 0 Å². The summed E-state index contributed by atoms with van der Waals surface area (Å²) in [5, 5.41) is 0.444. The molecule has 0 bridgehead atoms. The van der Waals surface area contributed by atoms with Crippen molar-refractivity contribution in [1.82, 2.24) is 9.29 Å². The van der Waals surface area contributed by atoms with Gasteiger partial charge in [0.1, 0.15) is 17.4 Å². The van der Waals surface area contributed by atoms with E-state index in [0.29, 0.717) is 43.1 Å². The van der Waals surface area contributed by atoms with Gasteiger partial charge in [-0.15, -0.1) is 0 Å². The van der Waals surface area contributed by atoms with Gasteiger partial charge >= 0.3 is 0 Å². The Bertz CT molecular complexity index is 783. The molecule has 0 N–H and O–H groups in total. The highest BCUT2D eigenvalue weighted by Gasteiger charge is 2.28. The fourth-order valence-electron chi connectivity index (χ4n) is 2.70. The van der Waals surface area contributed by atoms with Crippen LogP contribution in [0.1, 0.15) is 26.2 Å². The largest absolute Gasteiger partial charge is 0.467 e. The molecule has 0 saturated carbocycles. The minimum Gasteiger partial charge on any atom is -0.467 e. The summed E-state index contributed by atoms with van der Waals surface area (Å²) in [5.41, 5.74) is 0.329. The van der Waals surface area contributed by atoms with Gasteiger partial charge in [0.2, 0.25) is 10.0 Å². The van der Waals surface area contributed by atoms with Crippen LogP contribution in [0.4, 0.5) is 4.39 Å². The van der Waals surface area contributed by atoms with Crippen molar-refractivity contribution in [2.75, 3.05) is 18.8 Å². The molecule has 1 saturated heterocycles. The highest BCUT2D eigenvalue weighted by molar-refractivity contribution is 7.89. The standard InChI is InChI=1S/C15H19FN2O3S2/c1-2-10-23(19,20)18-8-6-11(7-9-18)21-15-17-14-12(16)4-3-5-13(14)22-15/h3-5,11H,2,6-10H2,1H3. The lowest BCUT2D eigenvalue weighted by Gasteiger charge is -2.30. The third-order valence-corrected chi connectivity index (χ3v) is 6.86. The van der Waals surface area contributed by atoms with E-state index in [4.69, 9.17) is 4.74 Å². The first kappa shape index (κ1) is 16.6. The molecule has 1 aliphatic heterocycles. The first-order valence-electron chi connectivity index (χ1n) is 7.69. The van der Waals surface area contributed by atoms with Crippen molar-refractivity contribution in [1.29, 1.82) is 0 Å². The number of aromatic nitrogens is 1. The Hall–Kier alpha value is -1.25. The lowest BCUT2D eigenvalue weighted by Crippen LogP contribution is -2.42. The van der Waals surface area contributed by atoms with Crippen LogP contribution in [0.25, 0.3) is 10.2 Å². The number of hydrogen-bond acceptors (Lipinski definition) is 5. The van der Waals surface area contributed by atoms with Crippen LogP contribution in [-0.4, -0.2) is 42.7 Å². The van der Waals surface area contributed by atoms with Gasteiger partial charge < -0.3 is 4.74 Å². The molecular weight excluding hydrogens is 339 g/mol. The van der Waals surface area contributed by atoms with Crippen molar-refractivity contribution >= 4 is 31.6 Å². The second-order valence-corrected chi connectivity index (χ2v) is 8.68. The number of rotatable bonds is 5. The Morgan fingerprint density at radius 1 is 1.39 bits per heavy atom. The number of hydrogen-bond donors (Lipinski definition) is 0. The van der Waals surface area contributed by atoms with Crippen LogP contribution in [0.5, 0.6) is 5.19 Å². The molecule has 0 unspecified atom stereocenters. The normalized spacial score (nSPS) is 17.7. The first-order valence-corrected chi connectivity index (χ1v) is 10.1. The third kappa shape index (κ3) is 3.64. The van der Waals surface area contributed by atoms with Crippen LogP contribution < -0.4 is 4.74 Å². The Morgan fingerprint density at radius 3 is 2.78 bits per heavy atom. The molecule has 1 aromatic carbocycles. The summed E-state index contributed by atoms with van der Waals surface area (Å²) in [4.78, 5) is 4.19. The van der Waals surface area contributed by atoms with Gasteiger partial charge in [-0.3, -0.25) is 0 Å². The molecule has 0 aliphatic carbocycles. The van der Waals surface area contributed by atoms with Gasteiger partial charge in [0.25, 0.3) is 5.19 Å². The number of sulfonamides is 1. The molecular formula is C15H19FN2O3S2. The van der Waals surface area contributed by atoms with Crippen molar-refractivity contribution in [3.63, 3.8) is 0 Å². The van der Waals surface area contributed by atoms with Crippen molar-refractivity contribution in [2.45, 2.75) is 32.3 Å². The monoisotopic (exact) mass is 358 g/mol. The van der Waals surface area contributed by atoms with Crippen molar-refractivity contribution < 1.29 is 17.5 Å². The van der Waals surface area contributed by atoms with Crippen molar-refractivity contribution in [3.05, 3.63) is 24.0 Å². The number of piperidine rings is 1. The van der Waals surface area contributed by atoms with E-state index in [1.165, 1.54) is 21.7 Å². The quantitative estimate of drug-likeness (QED) is 0.824. The summed E-state index contributed by atoms with van der Waals surface area (Å²) in [6, 6.07) is 4.84. The van der Waals surface area contributed by atoms with E-state index in [1.807, 2.05) is 13.0 Å². The Balaban J connectivity index is 1.63. The number of thiazole rings is 1. The predicted molar refractivity (Wildman–Crippen MR) is 88.9 cm³/mol. The SMILES string of the molecule is CCCS(=O)(=O)N1CCC(Oc2nc3c(F)cccc3s2)CC1. The zero-order valence-electron chi connectivity index (χ0n) is 12.9. The topological polar surface area (TPSA) is 59.5 Å². The van der Waals surface area contributed by atoms with Gasteiger partial charge in [0.05, 0.1) is 10.5 Å². The van der Waals surface area contributed by atoms with E-state index in [-0.39, 0.29) is 17.7 Å². The van der Waals surface area contributed by atoms with Gasteiger partial charge in [-0.2, -0.15) is 4.98 Å². The smallest absolute Gasteiger partial charge is 0.274 e. The average Bonchev–Trinajstić information content (AvgIpc) is 2.92. The van der Waals surface area contributed by atoms with E-state index < -0.39 is 10.0 Å². The summed E-state index contributed by atoms with van der Waals surface area (Å²) >= 11 is 1.31. The Labute approximate surface area is 139 Å². The van der Waals surface area contributed by atoms with Crippen LogP contribution in [0.15, 0.2) is 18.2 Å². The lowest BCUT2D eigenvalue weighted by molar-refractivity contribution is 0.135. The molecule has 0 atom stereocenters. The van der Waals surface area contributed by atoms with Gasteiger partial charge in [0.15, 0.2) is 0 Å². The molecule has 1 aliphatic rings. The molecule has 126 valence electrons. The Kier molecular flexibility index (Phi) is 4.84. The minimum atomic E-state index is -3.14. The number of benzene rings is 1. The zero-order valence-corrected chi connectivity index (χ0v) is 14.5. The summed E-state index contributed by atoms with van der Waals surface area (Å²) < 4.78 is 45.8. The van der Waals surface area contributed by atoms with Gasteiger partial charge in [-0.25, -0.2) is 17.1 Å². The van der Waals surface area contributed by atoms with Crippen LogP contribution in [0.2, 0.25) is 0 Å². The summed E-state index contributed by atoms with van der Waals surface area (Å²) in [7, 11) is -3.14. The minimum absolute atomic E-state index is 0.0771. The highest BCUT2D eigenvalue weighted by atomic mass is 32.2. The maximum Gasteiger partial charge on any atom is 0.274 e. The number of halogens is 1. The van der Waals surface area contributed by atoms with E-state index in [9.17, 15) is 12.8 Å².